The Kier molecular flexibility index (Phi) is 7.37. The fourth-order valence-electron chi connectivity index (χ4n) is 3.69. The van der Waals surface area contributed by atoms with Gasteiger partial charge < -0.3 is 24.8 Å². The molecule has 2 heterocycles. The Labute approximate surface area is 177 Å². The number of benzene rings is 1. The molecule has 0 saturated heterocycles. The minimum absolute atomic E-state index is 0.0998. The number of nitrogens with one attached hydrogen (secondary N) is 2. The molecule has 2 aromatic rings. The summed E-state index contributed by atoms with van der Waals surface area (Å²) in [6.07, 6.45) is 2.74. The van der Waals surface area contributed by atoms with Crippen LogP contribution in [0.2, 0.25) is 0 Å². The Morgan fingerprint density at radius 1 is 1.20 bits per heavy atom. The first-order valence-corrected chi connectivity index (χ1v) is 10.3. The maximum absolute atomic E-state index is 5.54. The molecule has 0 aliphatic carbocycles. The second-order valence-electron chi connectivity index (χ2n) is 7.10. The Hall–Kier alpha value is -2.97. The normalized spacial score (nSPS) is 16.0. The van der Waals surface area contributed by atoms with Crippen molar-refractivity contribution in [2.45, 2.75) is 45.7 Å². The van der Waals surface area contributed by atoms with E-state index in [1.165, 1.54) is 0 Å². The summed E-state index contributed by atoms with van der Waals surface area (Å²) in [5.41, 5.74) is 0.966. The number of aromatic nitrogens is 3. The van der Waals surface area contributed by atoms with Gasteiger partial charge in [0.25, 0.3) is 0 Å². The smallest absolute Gasteiger partial charge is 0.191 e. The van der Waals surface area contributed by atoms with Crippen LogP contribution in [0.4, 0.5) is 0 Å². The number of ether oxygens (including phenoxy) is 3. The lowest BCUT2D eigenvalue weighted by molar-refractivity contribution is 0.369. The average Bonchev–Trinajstić information content (AvgIpc) is 3.14. The van der Waals surface area contributed by atoms with Gasteiger partial charge in [0.05, 0.1) is 27.4 Å². The number of nitrogens with zero attached hydrogens (tertiary/aromatic N) is 4. The molecule has 1 aliphatic heterocycles. The summed E-state index contributed by atoms with van der Waals surface area (Å²) in [5.74, 6) is 4.71. The Balaban J connectivity index is 1.73. The first kappa shape index (κ1) is 21.7. The summed E-state index contributed by atoms with van der Waals surface area (Å²) >= 11 is 0. The van der Waals surface area contributed by atoms with E-state index < -0.39 is 0 Å². The van der Waals surface area contributed by atoms with Crippen LogP contribution < -0.4 is 24.8 Å². The van der Waals surface area contributed by atoms with Crippen LogP contribution in [-0.4, -0.2) is 55.1 Å². The van der Waals surface area contributed by atoms with Gasteiger partial charge in [-0.3, -0.25) is 4.99 Å². The molecule has 1 unspecified atom stereocenters. The fourth-order valence-corrected chi connectivity index (χ4v) is 3.69. The molecular formula is C21H32N6O3. The number of rotatable bonds is 8. The maximum Gasteiger partial charge on any atom is 0.191 e. The first-order valence-electron chi connectivity index (χ1n) is 10.3. The Morgan fingerprint density at radius 2 is 1.93 bits per heavy atom. The van der Waals surface area contributed by atoms with Crippen LogP contribution in [0.25, 0.3) is 0 Å². The number of hydrogen-bond donors (Lipinski definition) is 2. The van der Waals surface area contributed by atoms with Gasteiger partial charge in [-0.2, -0.15) is 5.10 Å². The van der Waals surface area contributed by atoms with Gasteiger partial charge in [-0.05, 0) is 33.1 Å². The lowest BCUT2D eigenvalue weighted by Crippen LogP contribution is -2.41. The van der Waals surface area contributed by atoms with Gasteiger partial charge in [0, 0.05) is 37.3 Å². The molecule has 9 heteroatoms. The Bertz CT molecular complexity index is 855. The SMILES string of the molecule is CCNC(=NCCc1c(OC)cc(OC)cc1OC)NC1CCCn2nc(C)nc21. The highest BCUT2D eigenvalue weighted by atomic mass is 16.5. The third-order valence-electron chi connectivity index (χ3n) is 5.08. The van der Waals surface area contributed by atoms with Crippen LogP contribution in [0.5, 0.6) is 17.2 Å². The highest BCUT2D eigenvalue weighted by molar-refractivity contribution is 5.80. The fraction of sp³-hybridized carbons (Fsp3) is 0.571. The molecule has 0 saturated carbocycles. The third kappa shape index (κ3) is 4.95. The van der Waals surface area contributed by atoms with Gasteiger partial charge in [0.1, 0.15) is 28.9 Å². The standard InChI is InChI=1S/C21H32N6O3/c1-6-22-21(25-17-8-7-11-27-20(17)24-14(2)26-27)23-10-9-16-18(29-4)12-15(28-3)13-19(16)30-5/h12-13,17H,6-11H2,1-5H3,(H2,22,23,25). The lowest BCUT2D eigenvalue weighted by Gasteiger charge is -2.25. The van der Waals surface area contributed by atoms with Crippen LogP contribution in [0, 0.1) is 6.92 Å². The largest absolute Gasteiger partial charge is 0.496 e. The van der Waals surface area contributed by atoms with Gasteiger partial charge in [0.2, 0.25) is 0 Å². The molecule has 1 atom stereocenters. The number of fused-ring (bicyclic) bond motifs is 1. The van der Waals surface area contributed by atoms with E-state index in [9.17, 15) is 0 Å². The van der Waals surface area contributed by atoms with E-state index in [4.69, 9.17) is 19.2 Å². The third-order valence-corrected chi connectivity index (χ3v) is 5.08. The van der Waals surface area contributed by atoms with Gasteiger partial charge in [-0.15, -0.1) is 0 Å². The molecule has 0 fully saturated rings. The second kappa shape index (κ2) is 10.2. The van der Waals surface area contributed by atoms with Crippen LogP contribution in [-0.2, 0) is 13.0 Å². The molecule has 0 bridgehead atoms. The summed E-state index contributed by atoms with van der Waals surface area (Å²) < 4.78 is 18.4. The average molecular weight is 417 g/mol. The summed E-state index contributed by atoms with van der Waals surface area (Å²) in [6, 6.07) is 3.83. The Morgan fingerprint density at radius 3 is 2.57 bits per heavy atom. The molecular weight excluding hydrogens is 384 g/mol. The predicted molar refractivity (Wildman–Crippen MR) is 116 cm³/mol. The zero-order valence-corrected chi connectivity index (χ0v) is 18.5. The van der Waals surface area contributed by atoms with Crippen LogP contribution in [0.1, 0.15) is 43.0 Å². The predicted octanol–water partition coefficient (Wildman–Crippen LogP) is 2.25. The van der Waals surface area contributed by atoms with E-state index in [0.29, 0.717) is 18.7 Å². The van der Waals surface area contributed by atoms with Crippen molar-refractivity contribution in [3.63, 3.8) is 0 Å². The minimum Gasteiger partial charge on any atom is -0.496 e. The molecule has 1 aromatic carbocycles. The van der Waals surface area contributed by atoms with Crippen molar-refractivity contribution in [2.24, 2.45) is 4.99 Å². The van der Waals surface area contributed by atoms with Gasteiger partial charge in [-0.25, -0.2) is 9.67 Å². The van der Waals surface area contributed by atoms with E-state index in [-0.39, 0.29) is 6.04 Å². The zero-order chi connectivity index (χ0) is 21.5. The number of methoxy groups -OCH3 is 3. The summed E-state index contributed by atoms with van der Waals surface area (Å²) in [4.78, 5) is 9.37. The summed E-state index contributed by atoms with van der Waals surface area (Å²) in [5, 5.41) is 11.3. The topological polar surface area (TPSA) is 94.8 Å². The van der Waals surface area contributed by atoms with Gasteiger partial charge in [0.15, 0.2) is 5.96 Å². The number of hydrogen-bond acceptors (Lipinski definition) is 6. The number of aryl methyl sites for hydroxylation is 2. The monoisotopic (exact) mass is 416 g/mol. The molecule has 2 N–H and O–H groups in total. The van der Waals surface area contributed by atoms with E-state index in [2.05, 4.69) is 27.6 Å². The van der Waals surface area contributed by atoms with Crippen molar-refractivity contribution < 1.29 is 14.2 Å². The summed E-state index contributed by atoms with van der Waals surface area (Å²) in [7, 11) is 4.92. The molecule has 0 radical (unpaired) electrons. The highest BCUT2D eigenvalue weighted by Gasteiger charge is 2.24. The highest BCUT2D eigenvalue weighted by Crippen LogP contribution is 2.34. The maximum atomic E-state index is 5.54. The van der Waals surface area contributed by atoms with Crippen LogP contribution in [0.15, 0.2) is 17.1 Å². The molecule has 0 spiro atoms. The summed E-state index contributed by atoms with van der Waals surface area (Å²) in [6.45, 7) is 6.25. The van der Waals surface area contributed by atoms with Crippen molar-refractivity contribution >= 4 is 5.96 Å². The number of aliphatic imine (C=N–C) groups is 1. The van der Waals surface area contributed by atoms with Gasteiger partial charge in [-0.1, -0.05) is 0 Å². The molecule has 9 nitrogen and oxygen atoms in total. The molecule has 3 rings (SSSR count). The molecule has 0 amide bonds. The van der Waals surface area contributed by atoms with Crippen molar-refractivity contribution in [3.8, 4) is 17.2 Å². The lowest BCUT2D eigenvalue weighted by atomic mass is 10.1. The molecule has 1 aromatic heterocycles. The first-order chi connectivity index (χ1) is 14.6. The quantitative estimate of drug-likeness (QED) is 0.503. The zero-order valence-electron chi connectivity index (χ0n) is 18.5. The van der Waals surface area contributed by atoms with Crippen LogP contribution in [0.3, 0.4) is 0 Å². The van der Waals surface area contributed by atoms with E-state index >= 15 is 0 Å². The minimum atomic E-state index is 0.0998. The second-order valence-corrected chi connectivity index (χ2v) is 7.10. The van der Waals surface area contributed by atoms with E-state index in [0.717, 1.165) is 60.6 Å². The molecule has 1 aliphatic rings. The van der Waals surface area contributed by atoms with Crippen molar-refractivity contribution in [1.82, 2.24) is 25.4 Å². The van der Waals surface area contributed by atoms with E-state index in [1.807, 2.05) is 23.7 Å². The van der Waals surface area contributed by atoms with E-state index in [1.54, 1.807) is 21.3 Å². The van der Waals surface area contributed by atoms with Crippen molar-refractivity contribution in [1.29, 1.82) is 0 Å². The molecule has 164 valence electrons. The van der Waals surface area contributed by atoms with Gasteiger partial charge >= 0.3 is 0 Å². The molecule has 30 heavy (non-hydrogen) atoms. The van der Waals surface area contributed by atoms with Crippen LogP contribution >= 0.6 is 0 Å². The number of guanidine groups is 1. The van der Waals surface area contributed by atoms with Crippen molar-refractivity contribution in [3.05, 3.63) is 29.3 Å². The van der Waals surface area contributed by atoms with Crippen molar-refractivity contribution in [2.75, 3.05) is 34.4 Å².